The van der Waals surface area contributed by atoms with Crippen LogP contribution in [0.5, 0.6) is 0 Å². The number of nitro groups is 1. The van der Waals surface area contributed by atoms with Crippen LogP contribution in [0.2, 0.25) is 0 Å². The maximum absolute atomic E-state index is 12.4. The summed E-state index contributed by atoms with van der Waals surface area (Å²) in [6.07, 6.45) is 0.197. The smallest absolute Gasteiger partial charge is 0.334 e. The van der Waals surface area contributed by atoms with Crippen molar-refractivity contribution < 1.29 is 23.8 Å². The molecule has 1 aromatic rings. The van der Waals surface area contributed by atoms with E-state index in [4.69, 9.17) is 4.74 Å². The second-order valence-corrected chi connectivity index (χ2v) is 8.49. The number of non-ortho nitro benzene ring substituents is 1. The first kappa shape index (κ1) is 16.7. The van der Waals surface area contributed by atoms with Crippen LogP contribution in [-0.2, 0) is 32.1 Å². The van der Waals surface area contributed by atoms with E-state index < -0.39 is 38.2 Å². The van der Waals surface area contributed by atoms with Crippen LogP contribution in [0.4, 0.5) is 5.69 Å². The number of esters is 1. The second-order valence-electron chi connectivity index (χ2n) is 6.29. The van der Waals surface area contributed by atoms with Crippen molar-refractivity contribution in [1.82, 2.24) is 4.90 Å². The Kier molecular flexibility index (Phi) is 4.00. The van der Waals surface area contributed by atoms with E-state index >= 15 is 0 Å². The van der Waals surface area contributed by atoms with Crippen LogP contribution in [0, 0.1) is 10.1 Å². The number of nitro benzene ring substituents is 1. The molecule has 0 bridgehead atoms. The molecule has 8 nitrogen and oxygen atoms in total. The Balaban J connectivity index is 1.68. The highest BCUT2D eigenvalue weighted by atomic mass is 32.2. The minimum absolute atomic E-state index is 0.0496. The monoisotopic (exact) mass is 352 g/mol. The molecule has 0 N–H and O–H groups in total. The zero-order chi connectivity index (χ0) is 17.6. The van der Waals surface area contributed by atoms with Crippen LogP contribution in [-0.4, -0.2) is 42.4 Å². The molecule has 1 amide bonds. The van der Waals surface area contributed by atoms with Crippen molar-refractivity contribution in [2.75, 3.05) is 0 Å². The molecule has 2 saturated heterocycles. The van der Waals surface area contributed by atoms with Gasteiger partial charge in [-0.3, -0.25) is 19.8 Å². The summed E-state index contributed by atoms with van der Waals surface area (Å²) in [4.78, 5) is 35.6. The van der Waals surface area contributed by atoms with E-state index in [1.165, 1.54) is 29.2 Å². The van der Waals surface area contributed by atoms with E-state index in [1.54, 1.807) is 13.8 Å². The Bertz CT molecular complexity index is 704. The summed E-state index contributed by atoms with van der Waals surface area (Å²) in [5, 5.41) is 10.2. The molecule has 24 heavy (non-hydrogen) atoms. The summed E-state index contributed by atoms with van der Waals surface area (Å²) < 4.78 is 16.8. The maximum Gasteiger partial charge on any atom is 0.334 e. The highest BCUT2D eigenvalue weighted by Gasteiger charge is 2.68. The fourth-order valence-corrected chi connectivity index (χ4v) is 4.90. The lowest BCUT2D eigenvalue weighted by Crippen LogP contribution is -2.57. The molecule has 1 unspecified atom stereocenters. The van der Waals surface area contributed by atoms with Gasteiger partial charge in [-0.05, 0) is 42.7 Å². The molecule has 3 atom stereocenters. The summed E-state index contributed by atoms with van der Waals surface area (Å²) in [6, 6.07) is 4.78. The molecule has 0 radical (unpaired) electrons. The van der Waals surface area contributed by atoms with Gasteiger partial charge in [-0.15, -0.1) is 0 Å². The topological polar surface area (TPSA) is 113 Å². The Hall–Kier alpha value is -2.13. The Morgan fingerprint density at radius 3 is 2.58 bits per heavy atom. The van der Waals surface area contributed by atoms with Crippen LogP contribution in [0.1, 0.15) is 25.8 Å². The lowest BCUT2D eigenvalue weighted by atomic mass is 9.98. The number of benzene rings is 1. The molecule has 1 aromatic carbocycles. The molecule has 0 saturated carbocycles. The Morgan fingerprint density at radius 1 is 1.42 bits per heavy atom. The number of ether oxygens (including phenoxy) is 1. The molecule has 3 rings (SSSR count). The van der Waals surface area contributed by atoms with Gasteiger partial charge >= 0.3 is 5.97 Å². The number of amides is 1. The molecule has 2 fully saturated rings. The molecule has 0 aromatic heterocycles. The average Bonchev–Trinajstić information content (AvgIpc) is 2.69. The second kappa shape index (κ2) is 5.75. The van der Waals surface area contributed by atoms with E-state index in [9.17, 15) is 24.3 Å². The van der Waals surface area contributed by atoms with Gasteiger partial charge in [-0.25, -0.2) is 4.79 Å². The van der Waals surface area contributed by atoms with Crippen molar-refractivity contribution in [2.45, 2.75) is 43.0 Å². The van der Waals surface area contributed by atoms with Crippen LogP contribution in [0.15, 0.2) is 24.3 Å². The third-order valence-electron chi connectivity index (χ3n) is 4.40. The number of nitrogens with zero attached hydrogens (tertiary/aromatic N) is 2. The summed E-state index contributed by atoms with van der Waals surface area (Å²) in [5.41, 5.74) is 0.545. The standard InChI is InChI=1S/C15H16N2O6S/c1-15(2)13(16-11(18)7-12(16)24(15)22)14(19)23-8-9-3-5-10(6-4-9)17(20)21/h3-6,12-13H,7-8H2,1-2H3/t12-,13+,24?/m1/s1. The third-order valence-corrected chi connectivity index (χ3v) is 6.55. The fourth-order valence-electron chi connectivity index (χ4n) is 3.03. The van der Waals surface area contributed by atoms with Crippen molar-refractivity contribution >= 4 is 28.7 Å². The summed E-state index contributed by atoms with van der Waals surface area (Å²) in [5.74, 6) is -0.807. The lowest BCUT2D eigenvalue weighted by Gasteiger charge is -2.33. The highest BCUT2D eigenvalue weighted by molar-refractivity contribution is 7.93. The van der Waals surface area contributed by atoms with Gasteiger partial charge in [-0.1, -0.05) is 0 Å². The number of β-lactam (4-membered cyclic amide) rings is 1. The predicted octanol–water partition coefficient (Wildman–Crippen LogP) is 1.11. The number of carbonyl (C=O) groups is 2. The SMILES string of the molecule is CC1(C)[C@H](C(=O)OCc2ccc([N+](=O)[O-])cc2)N2C(=O)C[C@H]2[S+]1[O-]. The molecule has 0 aliphatic carbocycles. The lowest BCUT2D eigenvalue weighted by molar-refractivity contribution is -0.384. The largest absolute Gasteiger partial charge is 0.614 e. The zero-order valence-corrected chi connectivity index (χ0v) is 13.9. The van der Waals surface area contributed by atoms with E-state index in [-0.39, 0.29) is 24.6 Å². The summed E-state index contributed by atoms with van der Waals surface area (Å²) in [6.45, 7) is 3.31. The van der Waals surface area contributed by atoms with Gasteiger partial charge in [-0.2, -0.15) is 0 Å². The van der Waals surface area contributed by atoms with E-state index in [1.807, 2.05) is 0 Å². The first-order valence-electron chi connectivity index (χ1n) is 7.35. The molecule has 9 heteroatoms. The van der Waals surface area contributed by atoms with E-state index in [0.29, 0.717) is 5.56 Å². The van der Waals surface area contributed by atoms with Crippen molar-refractivity contribution in [3.63, 3.8) is 0 Å². The number of rotatable bonds is 4. The molecular formula is C15H16N2O6S. The first-order chi connectivity index (χ1) is 11.2. The van der Waals surface area contributed by atoms with Gasteiger partial charge in [0, 0.05) is 12.1 Å². The van der Waals surface area contributed by atoms with Gasteiger partial charge < -0.3 is 9.29 Å². The number of hydrogen-bond acceptors (Lipinski definition) is 6. The highest BCUT2D eigenvalue weighted by Crippen LogP contribution is 2.46. The molecule has 2 aliphatic rings. The van der Waals surface area contributed by atoms with Gasteiger partial charge in [0.05, 0.1) is 11.3 Å². The minimum atomic E-state index is -1.32. The normalized spacial score (nSPS) is 27.4. The van der Waals surface area contributed by atoms with Gasteiger partial charge in [0.25, 0.3) is 5.69 Å². The van der Waals surface area contributed by atoms with Gasteiger partial charge in [0.1, 0.15) is 6.61 Å². The Labute approximate surface area is 141 Å². The van der Waals surface area contributed by atoms with Gasteiger partial charge in [0.15, 0.2) is 10.8 Å². The van der Waals surface area contributed by atoms with Crippen molar-refractivity contribution in [2.24, 2.45) is 0 Å². The van der Waals surface area contributed by atoms with Crippen molar-refractivity contribution in [3.8, 4) is 0 Å². The first-order valence-corrected chi connectivity index (χ1v) is 8.56. The molecular weight excluding hydrogens is 336 g/mol. The number of carbonyl (C=O) groups excluding carboxylic acids is 2. The van der Waals surface area contributed by atoms with Crippen LogP contribution in [0.3, 0.4) is 0 Å². The van der Waals surface area contributed by atoms with Crippen LogP contribution < -0.4 is 0 Å². The van der Waals surface area contributed by atoms with Crippen molar-refractivity contribution in [3.05, 3.63) is 39.9 Å². The summed E-state index contributed by atoms with van der Waals surface area (Å²) >= 11 is -1.32. The molecule has 0 spiro atoms. The van der Waals surface area contributed by atoms with Crippen LogP contribution >= 0.6 is 0 Å². The van der Waals surface area contributed by atoms with Gasteiger partial charge in [0.2, 0.25) is 11.3 Å². The van der Waals surface area contributed by atoms with E-state index in [0.717, 1.165) is 0 Å². The number of fused-ring (bicyclic) bond motifs is 1. The number of hydrogen-bond donors (Lipinski definition) is 0. The zero-order valence-electron chi connectivity index (χ0n) is 13.1. The summed E-state index contributed by atoms with van der Waals surface area (Å²) in [7, 11) is 0. The third kappa shape index (κ3) is 2.53. The molecule has 2 aliphatic heterocycles. The Morgan fingerprint density at radius 2 is 2.04 bits per heavy atom. The molecule has 2 heterocycles. The van der Waals surface area contributed by atoms with Crippen LogP contribution in [0.25, 0.3) is 0 Å². The average molecular weight is 352 g/mol. The predicted molar refractivity (Wildman–Crippen MR) is 84.2 cm³/mol. The van der Waals surface area contributed by atoms with Crippen molar-refractivity contribution in [1.29, 1.82) is 0 Å². The molecule has 128 valence electrons. The minimum Gasteiger partial charge on any atom is -0.614 e. The quantitative estimate of drug-likeness (QED) is 0.264. The fraction of sp³-hybridized carbons (Fsp3) is 0.467. The van der Waals surface area contributed by atoms with E-state index in [2.05, 4.69) is 0 Å². The maximum atomic E-state index is 12.4.